The van der Waals surface area contributed by atoms with E-state index in [0.29, 0.717) is 12.8 Å². The number of allylic oxidation sites excluding steroid dienone is 4. The van der Waals surface area contributed by atoms with E-state index in [1.54, 1.807) is 26.8 Å². The van der Waals surface area contributed by atoms with E-state index in [-0.39, 0.29) is 47.2 Å². The Morgan fingerprint density at radius 3 is 2.47 bits per heavy atom. The normalized spacial score (nSPS) is 45.7. The largest absolute Gasteiger partial charge is 0.457 e. The molecule has 4 aliphatic carbocycles. The molecule has 3 fully saturated rings. The van der Waals surface area contributed by atoms with Crippen molar-refractivity contribution in [3.05, 3.63) is 23.8 Å². The highest BCUT2D eigenvalue weighted by atomic mass is 35.5. The van der Waals surface area contributed by atoms with E-state index in [2.05, 4.69) is 13.8 Å². The summed E-state index contributed by atoms with van der Waals surface area (Å²) in [6.45, 7) is 11.1. The van der Waals surface area contributed by atoms with Crippen molar-refractivity contribution >= 4 is 40.7 Å². The molecule has 188 valence electrons. The van der Waals surface area contributed by atoms with E-state index < -0.39 is 33.2 Å². The van der Waals surface area contributed by atoms with Crippen molar-refractivity contribution < 1.29 is 24.2 Å². The summed E-state index contributed by atoms with van der Waals surface area (Å²) < 4.78 is 5.37. The predicted octanol–water partition coefficient (Wildman–Crippen LogP) is 4.86. The molecule has 9 atom stereocenters. The number of halogens is 2. The van der Waals surface area contributed by atoms with Crippen molar-refractivity contribution in [3.8, 4) is 0 Å². The molecule has 0 aromatic carbocycles. The number of Topliss-reactive ketones (excluding diaryl/α,β-unsaturated/α-hetero) is 1. The molecule has 0 radical (unpaired) electrons. The molecule has 0 amide bonds. The summed E-state index contributed by atoms with van der Waals surface area (Å²) in [4.78, 5) is 36.8. The van der Waals surface area contributed by atoms with Crippen molar-refractivity contribution in [2.75, 3.05) is 6.61 Å². The van der Waals surface area contributed by atoms with Crippen LogP contribution in [0.4, 0.5) is 0 Å². The van der Waals surface area contributed by atoms with E-state index in [1.807, 2.05) is 13.0 Å². The number of ketones is 2. The van der Waals surface area contributed by atoms with Gasteiger partial charge in [0.25, 0.3) is 0 Å². The van der Waals surface area contributed by atoms with Crippen LogP contribution in [0, 0.1) is 39.9 Å². The van der Waals surface area contributed by atoms with Gasteiger partial charge in [0, 0.05) is 11.3 Å². The van der Waals surface area contributed by atoms with E-state index in [0.717, 1.165) is 12.0 Å². The first-order valence-corrected chi connectivity index (χ1v) is 13.0. The molecule has 0 aliphatic heterocycles. The highest BCUT2D eigenvalue weighted by Gasteiger charge is 2.71. The Hall–Kier alpha value is -1.17. The number of alkyl halides is 2. The lowest BCUT2D eigenvalue weighted by Gasteiger charge is -2.64. The molecule has 0 aromatic heterocycles. The molecule has 34 heavy (non-hydrogen) atoms. The molecule has 0 aromatic rings. The summed E-state index contributed by atoms with van der Waals surface area (Å²) in [5.74, 6) is -0.967. The number of aliphatic hydroxyl groups is 1. The predicted molar refractivity (Wildman–Crippen MR) is 132 cm³/mol. The highest BCUT2D eigenvalue weighted by Crippen LogP contribution is 2.71. The summed E-state index contributed by atoms with van der Waals surface area (Å²) in [5, 5.41) is 11.3. The fraction of sp³-hybridized carbons (Fsp3) is 0.741. The first-order valence-electron chi connectivity index (χ1n) is 12.2. The Labute approximate surface area is 212 Å². The fourth-order valence-corrected chi connectivity index (χ4v) is 8.67. The molecule has 0 heterocycles. The van der Waals surface area contributed by atoms with Crippen LogP contribution in [0.5, 0.6) is 0 Å². The molecular weight excluding hydrogens is 475 g/mol. The van der Waals surface area contributed by atoms with Gasteiger partial charge in [-0.15, -0.1) is 23.2 Å². The summed E-state index contributed by atoms with van der Waals surface area (Å²) in [5.41, 5.74) is -1.16. The number of hydrogen-bond donors (Lipinski definition) is 1. The average Bonchev–Trinajstić information content (AvgIpc) is 2.99. The van der Waals surface area contributed by atoms with Crippen LogP contribution in [0.25, 0.3) is 0 Å². The lowest BCUT2D eigenvalue weighted by atomic mass is 9.46. The second-order valence-electron chi connectivity index (χ2n) is 12.4. The first kappa shape index (κ1) is 25.9. The van der Waals surface area contributed by atoms with Crippen LogP contribution in [-0.4, -0.2) is 45.6 Å². The van der Waals surface area contributed by atoms with Gasteiger partial charge in [0.15, 0.2) is 11.6 Å². The lowest BCUT2D eigenvalue weighted by molar-refractivity contribution is -0.159. The number of rotatable bonds is 3. The van der Waals surface area contributed by atoms with Crippen LogP contribution >= 0.6 is 23.2 Å². The lowest BCUT2D eigenvalue weighted by Crippen LogP contribution is -2.67. The molecule has 0 spiro atoms. The second-order valence-corrected chi connectivity index (χ2v) is 13.6. The fourth-order valence-electron chi connectivity index (χ4n) is 7.70. The number of esters is 1. The number of carbonyl (C=O) groups is 3. The van der Waals surface area contributed by atoms with Gasteiger partial charge >= 0.3 is 5.97 Å². The Balaban J connectivity index is 1.67. The van der Waals surface area contributed by atoms with Crippen LogP contribution in [-0.2, 0) is 19.1 Å². The van der Waals surface area contributed by atoms with Crippen molar-refractivity contribution in [2.24, 2.45) is 39.9 Å². The highest BCUT2D eigenvalue weighted by molar-refractivity contribution is 6.28. The van der Waals surface area contributed by atoms with E-state index >= 15 is 0 Å². The number of carbonyl (C=O) groups excluding carboxylic acids is 3. The van der Waals surface area contributed by atoms with Gasteiger partial charge in [-0.2, -0.15) is 0 Å². The van der Waals surface area contributed by atoms with Crippen molar-refractivity contribution in [2.45, 2.75) is 77.2 Å². The SMILES string of the molecule is C[C@@H]1C[C@H]2[C@@H]3C[C@H](Cl)C4=CC(=O)C=C[C@]4(C)C3(Cl)[C@@H](O)C[C@]2(C)[C@H]1C(=O)COC(=O)C(C)(C)C. The van der Waals surface area contributed by atoms with Crippen LogP contribution < -0.4 is 0 Å². The molecule has 7 heteroatoms. The zero-order valence-electron chi connectivity index (χ0n) is 20.9. The smallest absolute Gasteiger partial charge is 0.311 e. The van der Waals surface area contributed by atoms with Crippen molar-refractivity contribution in [1.82, 2.24) is 0 Å². The topological polar surface area (TPSA) is 80.7 Å². The molecule has 5 nitrogen and oxygen atoms in total. The summed E-state index contributed by atoms with van der Waals surface area (Å²) in [6, 6.07) is 0. The quantitative estimate of drug-likeness (QED) is 0.432. The Bertz CT molecular complexity index is 980. The van der Waals surface area contributed by atoms with Gasteiger partial charge in [-0.1, -0.05) is 26.8 Å². The Kier molecular flexibility index (Phi) is 6.23. The molecule has 1 N–H and O–H groups in total. The third kappa shape index (κ3) is 3.56. The maximum Gasteiger partial charge on any atom is 0.311 e. The number of fused-ring (bicyclic) bond motifs is 5. The maximum absolute atomic E-state index is 13.4. The molecule has 0 bridgehead atoms. The molecular formula is C27H36Cl2O5. The van der Waals surface area contributed by atoms with Gasteiger partial charge in [-0.25, -0.2) is 0 Å². The second kappa shape index (κ2) is 8.18. The molecule has 3 saturated carbocycles. The summed E-state index contributed by atoms with van der Waals surface area (Å²) >= 11 is 14.3. The molecule has 4 rings (SSSR count). The molecule has 4 aliphatic rings. The Morgan fingerprint density at radius 1 is 1.21 bits per heavy atom. The third-order valence-corrected chi connectivity index (χ3v) is 10.6. The molecule has 0 saturated heterocycles. The van der Waals surface area contributed by atoms with Crippen LogP contribution in [0.2, 0.25) is 0 Å². The zero-order chi connectivity index (χ0) is 25.4. The van der Waals surface area contributed by atoms with Crippen molar-refractivity contribution in [1.29, 1.82) is 0 Å². The van der Waals surface area contributed by atoms with E-state index in [1.165, 1.54) is 6.08 Å². The van der Waals surface area contributed by atoms with Crippen LogP contribution in [0.3, 0.4) is 0 Å². The number of hydrogen-bond acceptors (Lipinski definition) is 5. The van der Waals surface area contributed by atoms with Crippen LogP contribution in [0.1, 0.15) is 60.8 Å². The minimum atomic E-state index is -1.03. The average molecular weight is 511 g/mol. The molecule has 1 unspecified atom stereocenters. The van der Waals surface area contributed by atoms with Gasteiger partial charge in [0.2, 0.25) is 0 Å². The Morgan fingerprint density at radius 2 is 1.85 bits per heavy atom. The van der Waals surface area contributed by atoms with E-state index in [9.17, 15) is 19.5 Å². The minimum absolute atomic E-state index is 0.0593. The maximum atomic E-state index is 13.4. The zero-order valence-corrected chi connectivity index (χ0v) is 22.4. The first-order chi connectivity index (χ1) is 15.6. The number of ether oxygens (including phenoxy) is 1. The third-order valence-electron chi connectivity index (χ3n) is 9.27. The van der Waals surface area contributed by atoms with E-state index in [4.69, 9.17) is 27.9 Å². The van der Waals surface area contributed by atoms with Crippen LogP contribution in [0.15, 0.2) is 23.8 Å². The summed E-state index contributed by atoms with van der Waals surface area (Å²) in [7, 11) is 0. The summed E-state index contributed by atoms with van der Waals surface area (Å²) in [6.07, 6.45) is 5.71. The van der Waals surface area contributed by atoms with Gasteiger partial charge < -0.3 is 9.84 Å². The van der Waals surface area contributed by atoms with Gasteiger partial charge in [0.1, 0.15) is 6.61 Å². The van der Waals surface area contributed by atoms with Crippen molar-refractivity contribution in [3.63, 3.8) is 0 Å². The van der Waals surface area contributed by atoms with Gasteiger partial charge in [-0.3, -0.25) is 14.4 Å². The van der Waals surface area contributed by atoms with Gasteiger partial charge in [-0.05, 0) is 80.9 Å². The monoisotopic (exact) mass is 510 g/mol. The number of aliphatic hydroxyl groups excluding tert-OH is 1. The minimum Gasteiger partial charge on any atom is -0.457 e. The standard InChI is InChI=1S/C27H36Cl2O5/c1-14-9-16-17-11-19(28)18-10-15(30)7-8-26(18,6)27(17,29)21(32)12-25(16,5)22(14)20(31)13-34-23(33)24(2,3)4/h7-8,10,14,16-17,19,21-22,32H,9,11-13H2,1-6H3/t14-,16+,17+,19+,21+,22-,25+,26+,27?/m1/s1. The van der Waals surface area contributed by atoms with Gasteiger partial charge in [0.05, 0.1) is 21.8 Å².